The SMILES string of the molecule is CN/C=C(\C(=N)C#N)c1ccc2c(c1)CCN2C(=O)OC(C)(C)C. The number of carbonyl (C=O) groups is 1. The van der Waals surface area contributed by atoms with Crippen LogP contribution in [0.2, 0.25) is 0 Å². The number of hydrogen-bond acceptors (Lipinski definition) is 5. The topological polar surface area (TPSA) is 89.2 Å². The van der Waals surface area contributed by atoms with Crippen LogP contribution >= 0.6 is 0 Å². The summed E-state index contributed by atoms with van der Waals surface area (Å²) in [4.78, 5) is 13.9. The van der Waals surface area contributed by atoms with Crippen molar-refractivity contribution in [3.05, 3.63) is 35.5 Å². The fourth-order valence-corrected chi connectivity index (χ4v) is 2.58. The van der Waals surface area contributed by atoms with Crippen LogP contribution in [0.25, 0.3) is 5.57 Å². The quantitative estimate of drug-likeness (QED) is 0.835. The minimum Gasteiger partial charge on any atom is -0.443 e. The molecule has 1 heterocycles. The molecule has 24 heavy (non-hydrogen) atoms. The maximum absolute atomic E-state index is 12.3. The second-order valence-electron chi connectivity index (χ2n) is 6.56. The highest BCUT2D eigenvalue weighted by atomic mass is 16.6. The highest BCUT2D eigenvalue weighted by Gasteiger charge is 2.29. The Labute approximate surface area is 142 Å². The Kier molecular flexibility index (Phi) is 4.93. The lowest BCUT2D eigenvalue weighted by molar-refractivity contribution is 0.0584. The average molecular weight is 326 g/mol. The third-order valence-corrected chi connectivity index (χ3v) is 3.57. The minimum absolute atomic E-state index is 0.105. The standard InChI is InChI=1S/C18H22N4O2/c1-18(2,3)24-17(23)22-8-7-13-9-12(5-6-16(13)22)14(11-21-4)15(20)10-19/h5-6,9,11,20-21H,7-8H2,1-4H3/b14-11-,20-15?. The molecule has 0 spiro atoms. The molecule has 6 heteroatoms. The molecule has 0 aromatic heterocycles. The van der Waals surface area contributed by atoms with Gasteiger partial charge in [-0.25, -0.2) is 4.79 Å². The van der Waals surface area contributed by atoms with Crippen LogP contribution in [0.15, 0.2) is 24.4 Å². The molecule has 2 rings (SSSR count). The lowest BCUT2D eigenvalue weighted by atomic mass is 9.99. The first kappa shape index (κ1) is 17.5. The number of amides is 1. The number of rotatable bonds is 3. The van der Waals surface area contributed by atoms with Crippen molar-refractivity contribution >= 4 is 23.1 Å². The van der Waals surface area contributed by atoms with Gasteiger partial charge < -0.3 is 10.1 Å². The van der Waals surface area contributed by atoms with E-state index in [4.69, 9.17) is 15.4 Å². The van der Waals surface area contributed by atoms with Crippen molar-refractivity contribution in [2.24, 2.45) is 0 Å². The average Bonchev–Trinajstić information content (AvgIpc) is 2.93. The summed E-state index contributed by atoms with van der Waals surface area (Å²) in [6, 6.07) is 7.44. The second-order valence-corrected chi connectivity index (χ2v) is 6.56. The summed E-state index contributed by atoms with van der Waals surface area (Å²) in [6.07, 6.45) is 1.99. The highest BCUT2D eigenvalue weighted by molar-refractivity contribution is 6.29. The molecule has 0 saturated carbocycles. The van der Waals surface area contributed by atoms with E-state index in [2.05, 4.69) is 5.32 Å². The molecule has 0 fully saturated rings. The van der Waals surface area contributed by atoms with Crippen molar-refractivity contribution < 1.29 is 9.53 Å². The number of ether oxygens (including phenoxy) is 1. The summed E-state index contributed by atoms with van der Waals surface area (Å²) in [6.45, 7) is 6.09. The summed E-state index contributed by atoms with van der Waals surface area (Å²) in [5.41, 5.74) is 2.49. The summed E-state index contributed by atoms with van der Waals surface area (Å²) < 4.78 is 5.44. The van der Waals surface area contributed by atoms with E-state index in [9.17, 15) is 4.79 Å². The van der Waals surface area contributed by atoms with Crippen molar-refractivity contribution in [3.8, 4) is 6.07 Å². The van der Waals surface area contributed by atoms with E-state index >= 15 is 0 Å². The van der Waals surface area contributed by atoms with Gasteiger partial charge in [-0.15, -0.1) is 0 Å². The molecule has 126 valence electrons. The molecule has 1 amide bonds. The first-order chi connectivity index (χ1) is 11.3. The summed E-state index contributed by atoms with van der Waals surface area (Å²) >= 11 is 0. The van der Waals surface area contributed by atoms with Gasteiger partial charge in [0.1, 0.15) is 17.4 Å². The molecule has 0 unspecified atom stereocenters. The Balaban J connectivity index is 2.31. The van der Waals surface area contributed by atoms with Crippen molar-refractivity contribution in [2.75, 3.05) is 18.5 Å². The van der Waals surface area contributed by atoms with E-state index < -0.39 is 5.60 Å². The molecule has 0 radical (unpaired) electrons. The zero-order chi connectivity index (χ0) is 17.9. The molecule has 0 bridgehead atoms. The van der Waals surface area contributed by atoms with E-state index in [-0.39, 0.29) is 11.8 Å². The first-order valence-corrected chi connectivity index (χ1v) is 7.77. The van der Waals surface area contributed by atoms with Gasteiger partial charge in [-0.2, -0.15) is 5.26 Å². The fourth-order valence-electron chi connectivity index (χ4n) is 2.58. The Morgan fingerprint density at radius 3 is 2.75 bits per heavy atom. The van der Waals surface area contributed by atoms with Gasteiger partial charge in [0.25, 0.3) is 0 Å². The number of nitriles is 1. The van der Waals surface area contributed by atoms with E-state index in [1.807, 2.05) is 45.0 Å². The number of allylic oxidation sites excluding steroid dienone is 1. The Morgan fingerprint density at radius 2 is 2.17 bits per heavy atom. The first-order valence-electron chi connectivity index (χ1n) is 7.77. The van der Waals surface area contributed by atoms with Gasteiger partial charge in [0.15, 0.2) is 0 Å². The van der Waals surface area contributed by atoms with Crippen LogP contribution in [0.4, 0.5) is 10.5 Å². The monoisotopic (exact) mass is 326 g/mol. The van der Waals surface area contributed by atoms with Gasteiger partial charge in [-0.3, -0.25) is 10.3 Å². The van der Waals surface area contributed by atoms with E-state index in [0.717, 1.165) is 23.2 Å². The van der Waals surface area contributed by atoms with Crippen LogP contribution in [-0.2, 0) is 11.2 Å². The van der Waals surface area contributed by atoms with Crippen LogP contribution < -0.4 is 10.2 Å². The third kappa shape index (κ3) is 3.74. The van der Waals surface area contributed by atoms with Crippen LogP contribution in [-0.4, -0.2) is 31.0 Å². The molecule has 0 aliphatic carbocycles. The fraction of sp³-hybridized carbons (Fsp3) is 0.389. The van der Waals surface area contributed by atoms with Crippen molar-refractivity contribution in [1.82, 2.24) is 5.32 Å². The van der Waals surface area contributed by atoms with Crippen LogP contribution in [0.5, 0.6) is 0 Å². The van der Waals surface area contributed by atoms with Gasteiger partial charge in [-0.05, 0) is 50.5 Å². The van der Waals surface area contributed by atoms with Crippen molar-refractivity contribution in [3.63, 3.8) is 0 Å². The van der Waals surface area contributed by atoms with E-state index in [1.54, 1.807) is 18.1 Å². The molecule has 1 aliphatic heterocycles. The zero-order valence-corrected chi connectivity index (χ0v) is 14.4. The summed E-state index contributed by atoms with van der Waals surface area (Å²) in [7, 11) is 1.72. The number of hydrogen-bond donors (Lipinski definition) is 2. The lowest BCUT2D eigenvalue weighted by Gasteiger charge is -2.24. The molecule has 2 N–H and O–H groups in total. The molecule has 6 nitrogen and oxygen atoms in total. The van der Waals surface area contributed by atoms with Gasteiger partial charge in [0.2, 0.25) is 0 Å². The molecule has 1 aromatic rings. The lowest BCUT2D eigenvalue weighted by Crippen LogP contribution is -2.35. The number of carbonyl (C=O) groups excluding carboxylic acids is 1. The number of nitrogens with one attached hydrogen (secondary N) is 2. The maximum atomic E-state index is 12.3. The molecule has 1 aromatic carbocycles. The number of fused-ring (bicyclic) bond motifs is 1. The normalized spacial score (nSPS) is 14.0. The largest absolute Gasteiger partial charge is 0.443 e. The van der Waals surface area contributed by atoms with Gasteiger partial charge in [0, 0.05) is 25.4 Å². The van der Waals surface area contributed by atoms with Crippen LogP contribution in [0, 0.1) is 16.7 Å². The predicted molar refractivity (Wildman–Crippen MR) is 94.1 cm³/mol. The van der Waals surface area contributed by atoms with Gasteiger partial charge in [-0.1, -0.05) is 6.07 Å². The van der Waals surface area contributed by atoms with Gasteiger partial charge >= 0.3 is 6.09 Å². The Hall–Kier alpha value is -2.81. The number of nitrogens with zero attached hydrogens (tertiary/aromatic N) is 2. The minimum atomic E-state index is -0.537. The Morgan fingerprint density at radius 1 is 1.46 bits per heavy atom. The molecule has 1 aliphatic rings. The molecule has 0 atom stereocenters. The smallest absolute Gasteiger partial charge is 0.414 e. The highest BCUT2D eigenvalue weighted by Crippen LogP contribution is 2.32. The zero-order valence-electron chi connectivity index (χ0n) is 14.4. The Bertz CT molecular complexity index is 738. The summed E-state index contributed by atoms with van der Waals surface area (Å²) in [5, 5.41) is 19.6. The second kappa shape index (κ2) is 6.75. The van der Waals surface area contributed by atoms with E-state index in [1.165, 1.54) is 0 Å². The predicted octanol–water partition coefficient (Wildman–Crippen LogP) is 3.09. The maximum Gasteiger partial charge on any atom is 0.414 e. The number of anilines is 1. The van der Waals surface area contributed by atoms with Crippen LogP contribution in [0.1, 0.15) is 31.9 Å². The van der Waals surface area contributed by atoms with Crippen molar-refractivity contribution in [1.29, 1.82) is 10.7 Å². The molecular formula is C18H22N4O2. The summed E-state index contributed by atoms with van der Waals surface area (Å²) in [5.74, 6) is 0. The van der Waals surface area contributed by atoms with Gasteiger partial charge in [0.05, 0.1) is 5.69 Å². The third-order valence-electron chi connectivity index (χ3n) is 3.57. The van der Waals surface area contributed by atoms with Crippen molar-refractivity contribution in [2.45, 2.75) is 32.8 Å². The number of benzene rings is 1. The molecule has 0 saturated heterocycles. The van der Waals surface area contributed by atoms with E-state index in [0.29, 0.717) is 12.1 Å². The molecular weight excluding hydrogens is 304 g/mol. The van der Waals surface area contributed by atoms with Crippen LogP contribution in [0.3, 0.4) is 0 Å².